The number of H-pyrrole nitrogens is 1. The van der Waals surface area contributed by atoms with Crippen LogP contribution in [-0.4, -0.2) is 29.6 Å². The van der Waals surface area contributed by atoms with Gasteiger partial charge in [-0.2, -0.15) is 0 Å². The largest absolute Gasteiger partial charge is 0.548 e. The van der Waals surface area contributed by atoms with E-state index in [1.165, 1.54) is 0 Å². The van der Waals surface area contributed by atoms with Crippen molar-refractivity contribution >= 4 is 22.9 Å². The van der Waals surface area contributed by atoms with Gasteiger partial charge in [0.15, 0.2) is 0 Å². The maximum Gasteiger partial charge on any atom is 0.315 e. The number of nitrogens with one attached hydrogen (secondary N) is 3. The molecule has 0 unspecified atom stereocenters. The standard InChI is InChI=1S/C16H21N3O3/c1-10(2)14(15(20)21)19-16(22)17-8-7-11-9-18-13-6-4-3-5-12(11)13/h3-6,9-10,14,18H,7-8H2,1-2H3,(H,20,21)(H2,17,19,22)/p-1/t14-/m0/s1. The van der Waals surface area contributed by atoms with Crippen molar-refractivity contribution in [1.29, 1.82) is 0 Å². The molecule has 0 radical (unpaired) electrons. The molecular weight excluding hydrogens is 282 g/mol. The molecule has 0 aliphatic carbocycles. The summed E-state index contributed by atoms with van der Waals surface area (Å²) < 4.78 is 0. The Hall–Kier alpha value is -2.50. The van der Waals surface area contributed by atoms with E-state index >= 15 is 0 Å². The quantitative estimate of drug-likeness (QED) is 0.735. The lowest BCUT2D eigenvalue weighted by Crippen LogP contribution is -2.53. The molecule has 0 bridgehead atoms. The number of carboxylic acids is 1. The third-order valence-electron chi connectivity index (χ3n) is 3.56. The molecule has 0 saturated heterocycles. The number of amides is 2. The van der Waals surface area contributed by atoms with Crippen molar-refractivity contribution in [2.45, 2.75) is 26.3 Å². The zero-order valence-electron chi connectivity index (χ0n) is 12.7. The lowest BCUT2D eigenvalue weighted by molar-refractivity contribution is -0.309. The number of aliphatic carboxylic acids is 1. The van der Waals surface area contributed by atoms with E-state index in [1.807, 2.05) is 30.5 Å². The van der Waals surface area contributed by atoms with Gasteiger partial charge in [0.2, 0.25) is 0 Å². The average molecular weight is 302 g/mol. The van der Waals surface area contributed by atoms with Gasteiger partial charge in [0.05, 0.1) is 12.0 Å². The first-order chi connectivity index (χ1) is 10.5. The summed E-state index contributed by atoms with van der Waals surface area (Å²) in [6, 6.07) is 6.45. The van der Waals surface area contributed by atoms with Gasteiger partial charge < -0.3 is 25.5 Å². The van der Waals surface area contributed by atoms with Crippen molar-refractivity contribution < 1.29 is 14.7 Å². The topological polar surface area (TPSA) is 97.1 Å². The van der Waals surface area contributed by atoms with E-state index < -0.39 is 18.0 Å². The third kappa shape index (κ3) is 3.78. The number of fused-ring (bicyclic) bond motifs is 1. The van der Waals surface area contributed by atoms with Crippen LogP contribution in [0, 0.1) is 5.92 Å². The van der Waals surface area contributed by atoms with E-state index in [4.69, 9.17) is 0 Å². The Bertz CT molecular complexity index is 663. The van der Waals surface area contributed by atoms with Crippen LogP contribution >= 0.6 is 0 Å². The molecule has 0 spiro atoms. The number of hydrogen-bond acceptors (Lipinski definition) is 3. The maximum atomic E-state index is 11.7. The van der Waals surface area contributed by atoms with Gasteiger partial charge in [-0.3, -0.25) is 0 Å². The summed E-state index contributed by atoms with van der Waals surface area (Å²) in [5.41, 5.74) is 2.16. The number of rotatable bonds is 6. The molecule has 0 aliphatic heterocycles. The number of carbonyl (C=O) groups is 2. The lowest BCUT2D eigenvalue weighted by Gasteiger charge is -2.23. The number of aromatic nitrogens is 1. The first-order valence-electron chi connectivity index (χ1n) is 7.29. The highest BCUT2D eigenvalue weighted by molar-refractivity contribution is 5.83. The van der Waals surface area contributed by atoms with Crippen molar-refractivity contribution in [3.63, 3.8) is 0 Å². The fraction of sp³-hybridized carbons (Fsp3) is 0.375. The van der Waals surface area contributed by atoms with E-state index in [0.717, 1.165) is 16.5 Å². The zero-order valence-corrected chi connectivity index (χ0v) is 12.7. The summed E-state index contributed by atoms with van der Waals surface area (Å²) >= 11 is 0. The molecule has 1 atom stereocenters. The number of benzene rings is 1. The molecule has 0 aliphatic rings. The number of urea groups is 1. The van der Waals surface area contributed by atoms with Crippen LogP contribution in [0.1, 0.15) is 19.4 Å². The van der Waals surface area contributed by atoms with Crippen LogP contribution < -0.4 is 15.7 Å². The molecule has 6 nitrogen and oxygen atoms in total. The highest BCUT2D eigenvalue weighted by Gasteiger charge is 2.16. The molecule has 2 rings (SSSR count). The summed E-state index contributed by atoms with van der Waals surface area (Å²) in [7, 11) is 0. The lowest BCUT2D eigenvalue weighted by atomic mass is 10.1. The van der Waals surface area contributed by atoms with Crippen LogP contribution in [0.4, 0.5) is 4.79 Å². The Morgan fingerprint density at radius 1 is 1.27 bits per heavy atom. The molecule has 0 fully saturated rings. The van der Waals surface area contributed by atoms with Gasteiger partial charge in [0.25, 0.3) is 0 Å². The van der Waals surface area contributed by atoms with E-state index in [1.54, 1.807) is 13.8 Å². The Morgan fingerprint density at radius 3 is 2.68 bits per heavy atom. The maximum absolute atomic E-state index is 11.7. The number of para-hydroxylation sites is 1. The van der Waals surface area contributed by atoms with E-state index in [-0.39, 0.29) is 5.92 Å². The molecule has 2 aromatic rings. The molecule has 1 aromatic heterocycles. The minimum Gasteiger partial charge on any atom is -0.548 e. The monoisotopic (exact) mass is 302 g/mol. The average Bonchev–Trinajstić information content (AvgIpc) is 2.88. The molecule has 6 heteroatoms. The van der Waals surface area contributed by atoms with Gasteiger partial charge >= 0.3 is 6.03 Å². The van der Waals surface area contributed by atoms with Crippen molar-refractivity contribution in [3.05, 3.63) is 36.0 Å². The number of hydrogen-bond donors (Lipinski definition) is 3. The summed E-state index contributed by atoms with van der Waals surface area (Å²) in [6.07, 6.45) is 2.58. The molecule has 1 aromatic carbocycles. The van der Waals surface area contributed by atoms with E-state index in [2.05, 4.69) is 15.6 Å². The van der Waals surface area contributed by atoms with E-state index in [0.29, 0.717) is 13.0 Å². The normalized spacial score (nSPS) is 12.3. The van der Waals surface area contributed by atoms with Crippen molar-refractivity contribution in [2.75, 3.05) is 6.54 Å². The molecule has 22 heavy (non-hydrogen) atoms. The highest BCUT2D eigenvalue weighted by Crippen LogP contribution is 2.17. The second-order valence-corrected chi connectivity index (χ2v) is 5.55. The minimum absolute atomic E-state index is 0.232. The van der Waals surface area contributed by atoms with Gasteiger partial charge in [0.1, 0.15) is 0 Å². The number of carboxylic acid groups (broad SMARTS) is 1. The van der Waals surface area contributed by atoms with Gasteiger partial charge in [-0.25, -0.2) is 4.79 Å². The summed E-state index contributed by atoms with van der Waals surface area (Å²) in [5, 5.41) is 17.1. The Balaban J connectivity index is 1.85. The molecule has 0 saturated carbocycles. The molecule has 118 valence electrons. The van der Waals surface area contributed by atoms with Crippen molar-refractivity contribution in [3.8, 4) is 0 Å². The van der Waals surface area contributed by atoms with Gasteiger partial charge in [-0.05, 0) is 24.0 Å². The molecule has 2 amide bonds. The Labute approximate surface area is 128 Å². The second kappa shape index (κ2) is 6.98. The molecule has 1 heterocycles. The number of aromatic amines is 1. The van der Waals surface area contributed by atoms with Crippen LogP contribution in [0.25, 0.3) is 10.9 Å². The fourth-order valence-corrected chi connectivity index (χ4v) is 2.34. The van der Waals surface area contributed by atoms with E-state index in [9.17, 15) is 14.7 Å². The molecule has 3 N–H and O–H groups in total. The SMILES string of the molecule is CC(C)[C@H](NC(=O)NCCc1c[nH]c2ccccc12)C(=O)[O-]. The smallest absolute Gasteiger partial charge is 0.315 e. The van der Waals surface area contributed by atoms with Crippen molar-refractivity contribution in [2.24, 2.45) is 5.92 Å². The third-order valence-corrected chi connectivity index (χ3v) is 3.56. The molecular formula is C16H20N3O3-. The van der Waals surface area contributed by atoms with Crippen LogP contribution in [0.3, 0.4) is 0 Å². The predicted molar refractivity (Wildman–Crippen MR) is 82.2 cm³/mol. The first kappa shape index (κ1) is 15.9. The van der Waals surface area contributed by atoms with Gasteiger partial charge in [-0.1, -0.05) is 32.0 Å². The number of carbonyl (C=O) groups excluding carboxylic acids is 2. The van der Waals surface area contributed by atoms with Crippen LogP contribution in [-0.2, 0) is 11.2 Å². The Kier molecular flexibility index (Phi) is 5.04. The summed E-state index contributed by atoms with van der Waals surface area (Å²) in [4.78, 5) is 25.8. The summed E-state index contributed by atoms with van der Waals surface area (Å²) in [5.74, 6) is -1.51. The minimum atomic E-state index is -1.28. The highest BCUT2D eigenvalue weighted by atomic mass is 16.4. The van der Waals surface area contributed by atoms with Gasteiger partial charge in [0, 0.05) is 23.6 Å². The first-order valence-corrected chi connectivity index (χ1v) is 7.29. The van der Waals surface area contributed by atoms with Crippen LogP contribution in [0.15, 0.2) is 30.5 Å². The Morgan fingerprint density at radius 2 is 2.00 bits per heavy atom. The van der Waals surface area contributed by atoms with Crippen molar-refractivity contribution in [1.82, 2.24) is 15.6 Å². The fourth-order valence-electron chi connectivity index (χ4n) is 2.34. The van der Waals surface area contributed by atoms with Crippen LogP contribution in [0.5, 0.6) is 0 Å². The van der Waals surface area contributed by atoms with Crippen LogP contribution in [0.2, 0.25) is 0 Å². The summed E-state index contributed by atoms with van der Waals surface area (Å²) in [6.45, 7) is 3.85. The second-order valence-electron chi connectivity index (χ2n) is 5.55. The van der Waals surface area contributed by atoms with Gasteiger partial charge in [-0.15, -0.1) is 0 Å². The predicted octanol–water partition coefficient (Wildman–Crippen LogP) is 0.784. The zero-order chi connectivity index (χ0) is 16.1.